The van der Waals surface area contributed by atoms with E-state index in [2.05, 4.69) is 43.2 Å². The number of nitrogens with zero attached hydrogens (tertiary/aromatic N) is 1. The number of nitrogens with one attached hydrogen (secondary N) is 1. The number of nitrogens with two attached hydrogens (primary N) is 1. The summed E-state index contributed by atoms with van der Waals surface area (Å²) < 4.78 is 0. The lowest BCUT2D eigenvalue weighted by Crippen LogP contribution is -2.00. The molecular formula is C15H19N3. The number of anilines is 3. The zero-order chi connectivity index (χ0) is 13.3. The fourth-order valence-corrected chi connectivity index (χ4v) is 1.95. The molecule has 0 fully saturated rings. The minimum absolute atomic E-state index is 0.690. The van der Waals surface area contributed by atoms with Gasteiger partial charge in [0.1, 0.15) is 5.82 Å². The Bertz CT molecular complexity index is 589. The van der Waals surface area contributed by atoms with E-state index in [0.29, 0.717) is 5.69 Å². The number of hydrogen-bond donors (Lipinski definition) is 2. The predicted octanol–water partition coefficient (Wildman–Crippen LogP) is 3.64. The van der Waals surface area contributed by atoms with Crippen molar-refractivity contribution in [2.45, 2.75) is 27.7 Å². The summed E-state index contributed by atoms with van der Waals surface area (Å²) in [6.45, 7) is 8.34. The Morgan fingerprint density at radius 2 is 1.56 bits per heavy atom. The van der Waals surface area contributed by atoms with Gasteiger partial charge in [0, 0.05) is 5.69 Å². The van der Waals surface area contributed by atoms with Gasteiger partial charge in [-0.2, -0.15) is 0 Å². The van der Waals surface area contributed by atoms with E-state index >= 15 is 0 Å². The summed E-state index contributed by atoms with van der Waals surface area (Å²) in [5.41, 5.74) is 12.3. The van der Waals surface area contributed by atoms with Crippen LogP contribution in [0.3, 0.4) is 0 Å². The molecule has 1 aromatic heterocycles. The standard InChI is InChI=1S/C15H19N3/c1-9-5-11(3)14(7-10(9)2)18-15-12(4)6-13(16)8-17-15/h5-8H,16H2,1-4H3,(H,17,18). The molecule has 0 saturated carbocycles. The molecule has 3 nitrogen and oxygen atoms in total. The van der Waals surface area contributed by atoms with Crippen LogP contribution in [0.2, 0.25) is 0 Å². The number of hydrogen-bond acceptors (Lipinski definition) is 3. The molecule has 0 radical (unpaired) electrons. The molecule has 0 aliphatic carbocycles. The third-order valence-electron chi connectivity index (χ3n) is 3.19. The van der Waals surface area contributed by atoms with Crippen LogP contribution in [0.4, 0.5) is 17.2 Å². The fraction of sp³-hybridized carbons (Fsp3) is 0.267. The Kier molecular flexibility index (Phi) is 3.24. The van der Waals surface area contributed by atoms with Gasteiger partial charge in [0.15, 0.2) is 0 Å². The molecule has 0 bridgehead atoms. The van der Waals surface area contributed by atoms with Crippen LogP contribution in [-0.4, -0.2) is 4.98 Å². The number of benzene rings is 1. The molecule has 0 atom stereocenters. The molecule has 2 aromatic rings. The molecule has 1 heterocycles. The molecular weight excluding hydrogens is 222 g/mol. The van der Waals surface area contributed by atoms with Crippen molar-refractivity contribution in [3.63, 3.8) is 0 Å². The summed E-state index contributed by atoms with van der Waals surface area (Å²) in [4.78, 5) is 4.33. The highest BCUT2D eigenvalue weighted by Crippen LogP contribution is 2.25. The van der Waals surface area contributed by atoms with Gasteiger partial charge >= 0.3 is 0 Å². The van der Waals surface area contributed by atoms with Gasteiger partial charge in [0.2, 0.25) is 0 Å². The van der Waals surface area contributed by atoms with E-state index in [1.807, 2.05) is 13.0 Å². The topological polar surface area (TPSA) is 50.9 Å². The van der Waals surface area contributed by atoms with Gasteiger partial charge in [-0.25, -0.2) is 4.98 Å². The lowest BCUT2D eigenvalue weighted by atomic mass is 10.0. The second kappa shape index (κ2) is 4.69. The summed E-state index contributed by atoms with van der Waals surface area (Å²) in [6, 6.07) is 6.26. The first-order chi connectivity index (χ1) is 8.47. The summed E-state index contributed by atoms with van der Waals surface area (Å²) in [5.74, 6) is 0.857. The molecule has 18 heavy (non-hydrogen) atoms. The van der Waals surface area contributed by atoms with Crippen LogP contribution in [0.15, 0.2) is 24.4 Å². The monoisotopic (exact) mass is 241 g/mol. The summed E-state index contributed by atoms with van der Waals surface area (Å²) in [5, 5.41) is 3.37. The Balaban J connectivity index is 2.37. The van der Waals surface area contributed by atoms with Gasteiger partial charge in [-0.15, -0.1) is 0 Å². The third-order valence-corrected chi connectivity index (χ3v) is 3.19. The van der Waals surface area contributed by atoms with Crippen molar-refractivity contribution in [3.8, 4) is 0 Å². The van der Waals surface area contributed by atoms with E-state index in [1.54, 1.807) is 6.20 Å². The van der Waals surface area contributed by atoms with E-state index in [4.69, 9.17) is 5.73 Å². The van der Waals surface area contributed by atoms with E-state index in [9.17, 15) is 0 Å². The van der Waals surface area contributed by atoms with Gasteiger partial charge in [-0.05, 0) is 62.1 Å². The summed E-state index contributed by atoms with van der Waals surface area (Å²) in [7, 11) is 0. The lowest BCUT2D eigenvalue weighted by molar-refractivity contribution is 1.24. The highest BCUT2D eigenvalue weighted by Gasteiger charge is 2.05. The Labute approximate surface area is 108 Å². The first-order valence-electron chi connectivity index (χ1n) is 6.04. The van der Waals surface area contributed by atoms with Gasteiger partial charge in [-0.3, -0.25) is 0 Å². The second-order valence-corrected chi connectivity index (χ2v) is 4.81. The molecule has 94 valence electrons. The first kappa shape index (κ1) is 12.4. The Morgan fingerprint density at radius 1 is 0.889 bits per heavy atom. The van der Waals surface area contributed by atoms with Gasteiger partial charge in [0.25, 0.3) is 0 Å². The molecule has 0 aliphatic rings. The molecule has 0 aliphatic heterocycles. The number of aryl methyl sites for hydroxylation is 4. The average Bonchev–Trinajstić information content (AvgIpc) is 2.29. The molecule has 3 heteroatoms. The minimum atomic E-state index is 0.690. The Hall–Kier alpha value is -2.03. The molecule has 0 amide bonds. The van der Waals surface area contributed by atoms with Crippen molar-refractivity contribution in [1.29, 1.82) is 0 Å². The molecule has 3 N–H and O–H groups in total. The van der Waals surface area contributed by atoms with Gasteiger partial charge < -0.3 is 11.1 Å². The highest BCUT2D eigenvalue weighted by atomic mass is 15.0. The van der Waals surface area contributed by atoms with Crippen LogP contribution in [0, 0.1) is 27.7 Å². The van der Waals surface area contributed by atoms with E-state index in [1.165, 1.54) is 16.7 Å². The van der Waals surface area contributed by atoms with Crippen molar-refractivity contribution >= 4 is 17.2 Å². The van der Waals surface area contributed by atoms with Crippen LogP contribution >= 0.6 is 0 Å². The van der Waals surface area contributed by atoms with Crippen LogP contribution in [0.25, 0.3) is 0 Å². The minimum Gasteiger partial charge on any atom is -0.397 e. The Morgan fingerprint density at radius 3 is 2.22 bits per heavy atom. The highest BCUT2D eigenvalue weighted by molar-refractivity contribution is 5.65. The van der Waals surface area contributed by atoms with Crippen molar-refractivity contribution < 1.29 is 0 Å². The number of rotatable bonds is 2. The van der Waals surface area contributed by atoms with Crippen molar-refractivity contribution in [1.82, 2.24) is 4.98 Å². The van der Waals surface area contributed by atoms with Gasteiger partial charge in [0.05, 0.1) is 11.9 Å². The summed E-state index contributed by atoms with van der Waals surface area (Å²) >= 11 is 0. The smallest absolute Gasteiger partial charge is 0.133 e. The fourth-order valence-electron chi connectivity index (χ4n) is 1.95. The summed E-state index contributed by atoms with van der Waals surface area (Å²) in [6.07, 6.45) is 1.67. The lowest BCUT2D eigenvalue weighted by Gasteiger charge is -2.13. The number of pyridine rings is 1. The molecule has 0 spiro atoms. The van der Waals surface area contributed by atoms with E-state index in [-0.39, 0.29) is 0 Å². The van der Waals surface area contributed by atoms with E-state index in [0.717, 1.165) is 17.1 Å². The van der Waals surface area contributed by atoms with Gasteiger partial charge in [-0.1, -0.05) is 6.07 Å². The maximum Gasteiger partial charge on any atom is 0.133 e. The maximum atomic E-state index is 5.70. The molecule has 2 rings (SSSR count). The quantitative estimate of drug-likeness (QED) is 0.844. The molecule has 0 unspecified atom stereocenters. The van der Waals surface area contributed by atoms with Crippen molar-refractivity contribution in [3.05, 3.63) is 46.6 Å². The van der Waals surface area contributed by atoms with Crippen LogP contribution in [0.1, 0.15) is 22.3 Å². The molecule has 1 aromatic carbocycles. The van der Waals surface area contributed by atoms with Crippen molar-refractivity contribution in [2.75, 3.05) is 11.1 Å². The van der Waals surface area contributed by atoms with Crippen LogP contribution < -0.4 is 11.1 Å². The molecule has 0 saturated heterocycles. The normalized spacial score (nSPS) is 10.4. The maximum absolute atomic E-state index is 5.70. The number of aromatic nitrogens is 1. The third kappa shape index (κ3) is 2.45. The zero-order valence-electron chi connectivity index (χ0n) is 11.3. The predicted molar refractivity (Wildman–Crippen MR) is 77.3 cm³/mol. The second-order valence-electron chi connectivity index (χ2n) is 4.81. The van der Waals surface area contributed by atoms with Crippen LogP contribution in [-0.2, 0) is 0 Å². The number of nitrogen functional groups attached to an aromatic ring is 1. The largest absolute Gasteiger partial charge is 0.397 e. The first-order valence-corrected chi connectivity index (χ1v) is 6.04. The van der Waals surface area contributed by atoms with E-state index < -0.39 is 0 Å². The van der Waals surface area contributed by atoms with Crippen molar-refractivity contribution in [2.24, 2.45) is 0 Å². The SMILES string of the molecule is Cc1cc(C)c(Nc2ncc(N)cc2C)cc1C. The average molecular weight is 241 g/mol. The zero-order valence-corrected chi connectivity index (χ0v) is 11.3. The van der Waals surface area contributed by atoms with Crippen LogP contribution in [0.5, 0.6) is 0 Å².